The minimum atomic E-state index is -4.01. The molecule has 3 aromatic rings. The molecule has 0 bridgehead atoms. The van der Waals surface area contributed by atoms with Gasteiger partial charge in [-0.15, -0.1) is 0 Å². The first-order valence-electron chi connectivity index (χ1n) is 12.2. The fourth-order valence-electron chi connectivity index (χ4n) is 4.98. The quantitative estimate of drug-likeness (QED) is 0.308. The lowest BCUT2D eigenvalue weighted by molar-refractivity contribution is -0.144. The first-order valence-corrected chi connectivity index (χ1v) is 14.8. The second kappa shape index (κ2) is 10.8. The number of fused-ring (bicyclic) bond motifs is 1. The number of halogens is 2. The minimum absolute atomic E-state index is 0.00848. The van der Waals surface area contributed by atoms with E-state index >= 15 is 0 Å². The standard InChI is InChI=1S/C27H27BrClNO6S/c1-34-27(31)26-15-22(36-21-9-11-25(29)24(28)14-21)16-30(26)37(32,33)23-10-7-17-12-20(8-6-18(17)13-23)35-19-4-2-3-5-19/h6-14,19,22,26H,2-5,15-16H2,1H3/t22-,26-/m0/s1. The Morgan fingerprint density at radius 1 is 0.946 bits per heavy atom. The van der Waals surface area contributed by atoms with Gasteiger partial charge in [-0.1, -0.05) is 23.7 Å². The summed E-state index contributed by atoms with van der Waals surface area (Å²) in [6, 6.07) is 14.7. The third-order valence-electron chi connectivity index (χ3n) is 6.88. The molecule has 0 aromatic heterocycles. The summed E-state index contributed by atoms with van der Waals surface area (Å²) in [5, 5.41) is 2.19. The van der Waals surface area contributed by atoms with E-state index in [0.29, 0.717) is 15.2 Å². The zero-order chi connectivity index (χ0) is 26.2. The van der Waals surface area contributed by atoms with E-state index in [-0.39, 0.29) is 24.0 Å². The zero-order valence-corrected chi connectivity index (χ0v) is 23.4. The van der Waals surface area contributed by atoms with Crippen LogP contribution >= 0.6 is 27.5 Å². The molecule has 7 nitrogen and oxygen atoms in total. The lowest BCUT2D eigenvalue weighted by Gasteiger charge is -2.22. The fraction of sp³-hybridized carbons (Fsp3) is 0.370. The number of ether oxygens (including phenoxy) is 3. The Morgan fingerprint density at radius 2 is 1.59 bits per heavy atom. The van der Waals surface area contributed by atoms with E-state index in [9.17, 15) is 13.2 Å². The molecular formula is C27H27BrClNO6S. The van der Waals surface area contributed by atoms with E-state index in [1.54, 1.807) is 36.4 Å². The van der Waals surface area contributed by atoms with Gasteiger partial charge in [0.2, 0.25) is 10.0 Å². The maximum absolute atomic E-state index is 13.7. The summed E-state index contributed by atoms with van der Waals surface area (Å²) in [5.74, 6) is 0.682. The molecule has 0 spiro atoms. The van der Waals surface area contributed by atoms with Gasteiger partial charge < -0.3 is 14.2 Å². The van der Waals surface area contributed by atoms with Crippen molar-refractivity contribution in [3.63, 3.8) is 0 Å². The van der Waals surface area contributed by atoms with E-state index in [0.717, 1.165) is 29.4 Å². The highest BCUT2D eigenvalue weighted by Crippen LogP contribution is 2.34. The summed E-state index contributed by atoms with van der Waals surface area (Å²) in [6.07, 6.45) is 4.37. The average Bonchev–Trinajstić information content (AvgIpc) is 3.56. The topological polar surface area (TPSA) is 82.1 Å². The second-order valence-electron chi connectivity index (χ2n) is 9.36. The molecule has 5 rings (SSSR count). The number of hydrogen-bond donors (Lipinski definition) is 0. The highest BCUT2D eigenvalue weighted by Gasteiger charge is 2.45. The maximum Gasteiger partial charge on any atom is 0.324 e. The lowest BCUT2D eigenvalue weighted by Crippen LogP contribution is -2.41. The van der Waals surface area contributed by atoms with Crippen LogP contribution < -0.4 is 9.47 Å². The Kier molecular flexibility index (Phi) is 7.68. The van der Waals surface area contributed by atoms with Crippen LogP contribution in [0.25, 0.3) is 10.8 Å². The van der Waals surface area contributed by atoms with Gasteiger partial charge in [0.1, 0.15) is 23.6 Å². The highest BCUT2D eigenvalue weighted by molar-refractivity contribution is 9.10. The summed E-state index contributed by atoms with van der Waals surface area (Å²) in [4.78, 5) is 12.7. The molecule has 0 radical (unpaired) electrons. The number of rotatable bonds is 7. The van der Waals surface area contributed by atoms with Crippen molar-refractivity contribution in [2.45, 2.75) is 55.2 Å². The van der Waals surface area contributed by atoms with Crippen LogP contribution in [0.1, 0.15) is 32.1 Å². The molecule has 2 aliphatic rings. The number of benzene rings is 3. The Balaban J connectivity index is 1.39. The summed E-state index contributed by atoms with van der Waals surface area (Å²) >= 11 is 9.42. The molecule has 10 heteroatoms. The summed E-state index contributed by atoms with van der Waals surface area (Å²) in [7, 11) is -2.76. The normalized spacial score (nSPS) is 20.8. The molecule has 196 valence electrons. The monoisotopic (exact) mass is 607 g/mol. The molecule has 1 saturated heterocycles. The number of methoxy groups -OCH3 is 1. The van der Waals surface area contributed by atoms with E-state index in [2.05, 4.69) is 15.9 Å². The number of sulfonamides is 1. The average molecular weight is 609 g/mol. The van der Waals surface area contributed by atoms with Gasteiger partial charge in [-0.25, -0.2) is 8.42 Å². The third-order valence-corrected chi connectivity index (χ3v) is 9.96. The van der Waals surface area contributed by atoms with Crippen LogP contribution in [0.5, 0.6) is 11.5 Å². The molecule has 1 heterocycles. The first kappa shape index (κ1) is 26.3. The van der Waals surface area contributed by atoms with Crippen LogP contribution in [0.15, 0.2) is 64.0 Å². The number of esters is 1. The SMILES string of the molecule is COC(=O)[C@@H]1C[C@H](Oc2ccc(Cl)c(Br)c2)CN1S(=O)(=O)c1ccc2cc(OC3CCCC3)ccc2c1. The van der Waals surface area contributed by atoms with Gasteiger partial charge >= 0.3 is 5.97 Å². The van der Waals surface area contributed by atoms with Crippen molar-refractivity contribution in [3.05, 3.63) is 64.1 Å². The van der Waals surface area contributed by atoms with Crippen LogP contribution in [-0.4, -0.2) is 50.6 Å². The number of carbonyl (C=O) groups is 1. The highest BCUT2D eigenvalue weighted by atomic mass is 79.9. The van der Waals surface area contributed by atoms with Crippen molar-refractivity contribution >= 4 is 54.3 Å². The van der Waals surface area contributed by atoms with Crippen molar-refractivity contribution < 1.29 is 27.4 Å². The van der Waals surface area contributed by atoms with Crippen molar-refractivity contribution in [1.29, 1.82) is 0 Å². The van der Waals surface area contributed by atoms with Crippen molar-refractivity contribution in [1.82, 2.24) is 4.31 Å². The third kappa shape index (κ3) is 5.60. The molecule has 37 heavy (non-hydrogen) atoms. The summed E-state index contributed by atoms with van der Waals surface area (Å²) in [6.45, 7) is 0.00848. The fourth-order valence-corrected chi connectivity index (χ4v) is 7.11. The predicted molar refractivity (Wildman–Crippen MR) is 145 cm³/mol. The number of carbonyl (C=O) groups excluding carboxylic acids is 1. The largest absolute Gasteiger partial charge is 0.490 e. The molecular weight excluding hydrogens is 582 g/mol. The van der Waals surface area contributed by atoms with Gasteiger partial charge in [-0.2, -0.15) is 4.31 Å². The number of hydrogen-bond acceptors (Lipinski definition) is 6. The van der Waals surface area contributed by atoms with Crippen LogP contribution in [-0.2, 0) is 19.6 Å². The van der Waals surface area contributed by atoms with Crippen molar-refractivity contribution in [2.24, 2.45) is 0 Å². The minimum Gasteiger partial charge on any atom is -0.490 e. The molecule has 0 amide bonds. The Bertz CT molecular complexity index is 1430. The van der Waals surface area contributed by atoms with Gasteiger partial charge in [-0.3, -0.25) is 4.79 Å². The zero-order valence-electron chi connectivity index (χ0n) is 20.2. The van der Waals surface area contributed by atoms with Gasteiger partial charge in [0.25, 0.3) is 0 Å². The van der Waals surface area contributed by atoms with E-state index in [1.807, 2.05) is 18.2 Å². The number of nitrogens with zero attached hydrogens (tertiary/aromatic N) is 1. The van der Waals surface area contributed by atoms with E-state index < -0.39 is 28.1 Å². The van der Waals surface area contributed by atoms with Crippen molar-refractivity contribution in [2.75, 3.05) is 13.7 Å². The molecule has 0 N–H and O–H groups in total. The Hall–Kier alpha value is -2.33. The van der Waals surface area contributed by atoms with E-state index in [1.165, 1.54) is 24.3 Å². The lowest BCUT2D eigenvalue weighted by atomic mass is 10.1. The molecule has 2 fully saturated rings. The van der Waals surface area contributed by atoms with Crippen LogP contribution in [0.3, 0.4) is 0 Å². The predicted octanol–water partition coefficient (Wildman–Crippen LogP) is 5.96. The molecule has 2 atom stereocenters. The summed E-state index contributed by atoms with van der Waals surface area (Å²) < 4.78 is 46.3. The first-order chi connectivity index (χ1) is 17.7. The molecule has 0 unspecified atom stereocenters. The molecule has 1 aliphatic heterocycles. The van der Waals surface area contributed by atoms with Crippen LogP contribution in [0, 0.1) is 0 Å². The van der Waals surface area contributed by atoms with Gasteiger partial charge in [0.05, 0.1) is 29.7 Å². The van der Waals surface area contributed by atoms with Gasteiger partial charge in [-0.05, 0) is 94.9 Å². The Morgan fingerprint density at radius 3 is 2.32 bits per heavy atom. The van der Waals surface area contributed by atoms with Crippen molar-refractivity contribution in [3.8, 4) is 11.5 Å². The summed E-state index contributed by atoms with van der Waals surface area (Å²) in [5.41, 5.74) is 0. The van der Waals surface area contributed by atoms with Gasteiger partial charge in [0.15, 0.2) is 0 Å². The maximum atomic E-state index is 13.7. The smallest absolute Gasteiger partial charge is 0.324 e. The van der Waals surface area contributed by atoms with E-state index in [4.69, 9.17) is 25.8 Å². The Labute approximate surface area is 229 Å². The second-order valence-corrected chi connectivity index (χ2v) is 12.5. The van der Waals surface area contributed by atoms with Gasteiger partial charge in [0, 0.05) is 10.9 Å². The van der Waals surface area contributed by atoms with Crippen LogP contribution in [0.2, 0.25) is 5.02 Å². The molecule has 3 aromatic carbocycles. The van der Waals surface area contributed by atoms with Crippen LogP contribution in [0.4, 0.5) is 0 Å². The molecule has 1 aliphatic carbocycles. The molecule has 1 saturated carbocycles.